The third-order valence-corrected chi connectivity index (χ3v) is 13.9. The van der Waals surface area contributed by atoms with Gasteiger partial charge in [-0.05, 0) is 93.6 Å². The predicted octanol–water partition coefficient (Wildman–Crippen LogP) is 4.65. The molecule has 1 aliphatic carbocycles. The van der Waals surface area contributed by atoms with Gasteiger partial charge in [-0.1, -0.05) is 43.5 Å². The number of nitrogens with zero attached hydrogens (tertiary/aromatic N) is 6. The molecule has 0 N–H and O–H groups in total. The van der Waals surface area contributed by atoms with E-state index in [2.05, 4.69) is 47.6 Å². The number of anilines is 2. The molecule has 0 bridgehead atoms. The van der Waals surface area contributed by atoms with E-state index in [1.165, 1.54) is 42.0 Å². The standard InChI is InChI=1S/C36H56N6O4S2/c1-31-12-14-35(15-13-31)39-24-26-40(27-25-39)48(45,46)42-23-9-21-38(30-33-10-6-5-7-11-33)20-8-22-41(28-32(2)29-42)47(43,44)36-18-16-34(17-19-36)37(3)4/h12-19,33H,2,5-11,20-30H2,1,3-4H3. The molecule has 0 amide bonds. The molecule has 0 aromatic heterocycles. The number of aryl methyl sites for hydroxylation is 1. The van der Waals surface area contributed by atoms with Crippen molar-refractivity contribution in [2.45, 2.75) is 56.8 Å². The molecule has 0 spiro atoms. The van der Waals surface area contributed by atoms with Crippen LogP contribution in [0.2, 0.25) is 0 Å². The Labute approximate surface area is 290 Å². The highest BCUT2D eigenvalue weighted by molar-refractivity contribution is 7.89. The summed E-state index contributed by atoms with van der Waals surface area (Å²) >= 11 is 0. The molecule has 2 saturated heterocycles. The number of hydrogen-bond donors (Lipinski definition) is 0. The molecule has 2 aromatic carbocycles. The van der Waals surface area contributed by atoms with Crippen LogP contribution in [0.3, 0.4) is 0 Å². The Bertz CT molecular complexity index is 1550. The Morgan fingerprint density at radius 2 is 1.27 bits per heavy atom. The molecule has 12 heteroatoms. The molecule has 10 nitrogen and oxygen atoms in total. The van der Waals surface area contributed by atoms with Crippen LogP contribution in [0, 0.1) is 12.8 Å². The van der Waals surface area contributed by atoms with E-state index in [4.69, 9.17) is 0 Å². The average Bonchev–Trinajstić information content (AvgIpc) is 3.07. The van der Waals surface area contributed by atoms with E-state index in [-0.39, 0.29) is 18.0 Å². The van der Waals surface area contributed by atoms with Gasteiger partial charge in [0.25, 0.3) is 10.2 Å². The van der Waals surface area contributed by atoms with E-state index in [1.807, 2.05) is 31.1 Å². The number of benzene rings is 2. The van der Waals surface area contributed by atoms with Crippen molar-refractivity contribution in [1.29, 1.82) is 0 Å². The minimum Gasteiger partial charge on any atom is -0.378 e. The summed E-state index contributed by atoms with van der Waals surface area (Å²) in [4.78, 5) is 6.86. The molecule has 5 rings (SSSR count). The lowest BCUT2D eigenvalue weighted by Gasteiger charge is -2.38. The molecule has 0 radical (unpaired) electrons. The topological polar surface area (TPSA) is 87.7 Å². The van der Waals surface area contributed by atoms with Gasteiger partial charge in [0, 0.05) is 84.4 Å². The van der Waals surface area contributed by atoms with E-state index >= 15 is 0 Å². The minimum absolute atomic E-state index is 0.0770. The number of hydrogen-bond acceptors (Lipinski definition) is 7. The molecule has 2 aliphatic heterocycles. The van der Waals surface area contributed by atoms with Gasteiger partial charge in [-0.2, -0.15) is 21.3 Å². The number of sulfonamides is 1. The third-order valence-electron chi connectivity index (χ3n) is 10.1. The molecule has 3 aliphatic rings. The summed E-state index contributed by atoms with van der Waals surface area (Å²) in [7, 11) is -3.78. The summed E-state index contributed by atoms with van der Waals surface area (Å²) in [6.45, 7) is 11.8. The van der Waals surface area contributed by atoms with Crippen molar-refractivity contribution in [3.8, 4) is 0 Å². The average molecular weight is 701 g/mol. The Hall–Kier alpha value is -2.48. The van der Waals surface area contributed by atoms with Gasteiger partial charge in [0.2, 0.25) is 10.0 Å². The first-order chi connectivity index (χ1) is 22.9. The van der Waals surface area contributed by atoms with Crippen molar-refractivity contribution < 1.29 is 16.8 Å². The first-order valence-corrected chi connectivity index (χ1v) is 20.5. The molecular weight excluding hydrogens is 645 g/mol. The van der Waals surface area contributed by atoms with Crippen molar-refractivity contribution >= 4 is 31.6 Å². The van der Waals surface area contributed by atoms with Crippen molar-refractivity contribution in [1.82, 2.24) is 17.8 Å². The van der Waals surface area contributed by atoms with Crippen molar-refractivity contribution in [3.63, 3.8) is 0 Å². The smallest absolute Gasteiger partial charge is 0.282 e. The van der Waals surface area contributed by atoms with Gasteiger partial charge in [-0.15, -0.1) is 0 Å². The molecule has 2 heterocycles. The zero-order chi connectivity index (χ0) is 34.3. The van der Waals surface area contributed by atoms with Gasteiger partial charge in [0.15, 0.2) is 0 Å². The van der Waals surface area contributed by atoms with E-state index in [0.717, 1.165) is 37.4 Å². The van der Waals surface area contributed by atoms with Gasteiger partial charge in [0.1, 0.15) is 0 Å². The van der Waals surface area contributed by atoms with Crippen LogP contribution in [-0.2, 0) is 20.2 Å². The second-order valence-electron chi connectivity index (χ2n) is 14.1. The predicted molar refractivity (Wildman–Crippen MR) is 196 cm³/mol. The maximum atomic E-state index is 14.2. The van der Waals surface area contributed by atoms with Crippen molar-refractivity contribution in [2.24, 2.45) is 5.92 Å². The van der Waals surface area contributed by atoms with E-state index in [1.54, 1.807) is 20.7 Å². The fourth-order valence-electron chi connectivity index (χ4n) is 7.24. The lowest BCUT2D eigenvalue weighted by molar-refractivity contribution is 0.187. The monoisotopic (exact) mass is 700 g/mol. The Morgan fingerprint density at radius 1 is 0.688 bits per heavy atom. The van der Waals surface area contributed by atoms with E-state index < -0.39 is 20.2 Å². The first kappa shape index (κ1) is 36.8. The Morgan fingerprint density at radius 3 is 1.88 bits per heavy atom. The maximum absolute atomic E-state index is 14.2. The second kappa shape index (κ2) is 16.5. The molecule has 266 valence electrons. The third kappa shape index (κ3) is 9.39. The molecule has 0 unspecified atom stereocenters. The fraction of sp³-hybridized carbons (Fsp3) is 0.611. The van der Waals surface area contributed by atoms with Gasteiger partial charge in [0.05, 0.1) is 4.90 Å². The van der Waals surface area contributed by atoms with Crippen LogP contribution in [-0.4, -0.2) is 121 Å². The van der Waals surface area contributed by atoms with Crippen LogP contribution < -0.4 is 9.80 Å². The lowest BCUT2D eigenvalue weighted by Crippen LogP contribution is -2.54. The summed E-state index contributed by atoms with van der Waals surface area (Å²) in [6, 6.07) is 15.3. The van der Waals surface area contributed by atoms with Crippen molar-refractivity contribution in [2.75, 3.05) is 95.9 Å². The fourth-order valence-corrected chi connectivity index (χ4v) is 10.4. The summed E-state index contributed by atoms with van der Waals surface area (Å²) in [5, 5.41) is 0. The summed E-state index contributed by atoms with van der Waals surface area (Å²) < 4.78 is 61.2. The summed E-state index contributed by atoms with van der Waals surface area (Å²) in [6.07, 6.45) is 7.73. The largest absolute Gasteiger partial charge is 0.378 e. The maximum Gasteiger partial charge on any atom is 0.282 e. The van der Waals surface area contributed by atoms with E-state index in [0.29, 0.717) is 57.2 Å². The second-order valence-corrected chi connectivity index (χ2v) is 17.9. The zero-order valence-corrected chi connectivity index (χ0v) is 30.9. The Balaban J connectivity index is 1.34. The molecule has 2 aromatic rings. The minimum atomic E-state index is -3.83. The summed E-state index contributed by atoms with van der Waals surface area (Å²) in [5.74, 6) is 0.645. The van der Waals surface area contributed by atoms with Crippen LogP contribution in [0.15, 0.2) is 65.6 Å². The van der Waals surface area contributed by atoms with Gasteiger partial charge in [-0.25, -0.2) is 8.42 Å². The lowest BCUT2D eigenvalue weighted by atomic mass is 9.89. The molecule has 3 fully saturated rings. The normalized spacial score (nSPS) is 21.5. The SMILES string of the molecule is C=C1CN(S(=O)(=O)c2ccc(N(C)C)cc2)CCCN(CC2CCCCC2)CCCN(S(=O)(=O)N2CCN(c3ccc(C)cc3)CC2)C1. The van der Waals surface area contributed by atoms with Gasteiger partial charge < -0.3 is 14.7 Å². The van der Waals surface area contributed by atoms with Gasteiger partial charge >= 0.3 is 0 Å². The zero-order valence-electron chi connectivity index (χ0n) is 29.3. The van der Waals surface area contributed by atoms with E-state index in [9.17, 15) is 16.8 Å². The molecule has 0 atom stereocenters. The van der Waals surface area contributed by atoms with Gasteiger partial charge in [-0.3, -0.25) is 0 Å². The van der Waals surface area contributed by atoms with Crippen LogP contribution in [0.25, 0.3) is 0 Å². The van der Waals surface area contributed by atoms with Crippen molar-refractivity contribution in [3.05, 3.63) is 66.2 Å². The van der Waals surface area contributed by atoms with Crippen LogP contribution in [0.1, 0.15) is 50.5 Å². The highest BCUT2D eigenvalue weighted by atomic mass is 32.2. The van der Waals surface area contributed by atoms with Crippen LogP contribution in [0.5, 0.6) is 0 Å². The quantitative estimate of drug-likeness (QED) is 0.371. The summed E-state index contributed by atoms with van der Waals surface area (Å²) in [5.41, 5.74) is 3.80. The molecular formula is C36H56N6O4S2. The van der Waals surface area contributed by atoms with Crippen LogP contribution >= 0.6 is 0 Å². The van der Waals surface area contributed by atoms with Crippen LogP contribution in [0.4, 0.5) is 11.4 Å². The number of rotatable bonds is 8. The highest BCUT2D eigenvalue weighted by Crippen LogP contribution is 2.26. The highest BCUT2D eigenvalue weighted by Gasteiger charge is 2.34. The molecule has 48 heavy (non-hydrogen) atoms. The Kier molecular flexibility index (Phi) is 12.6. The number of piperazine rings is 1. The molecule has 1 saturated carbocycles. The first-order valence-electron chi connectivity index (χ1n) is 17.7.